The molecule has 5 rings (SSSR count). The Balaban J connectivity index is 1.62. The number of hydrogen-bond acceptors (Lipinski definition) is 3. The lowest BCUT2D eigenvalue weighted by Gasteiger charge is -2.58. The Kier molecular flexibility index (Phi) is 1.71. The Morgan fingerprint density at radius 3 is 2.06 bits per heavy atom. The van der Waals surface area contributed by atoms with Crippen LogP contribution in [0.3, 0.4) is 0 Å². The molecule has 4 saturated carbocycles. The van der Waals surface area contributed by atoms with Gasteiger partial charge in [0.25, 0.3) is 0 Å². The fraction of sp³-hybridized carbons (Fsp3) is 0.923. The summed E-state index contributed by atoms with van der Waals surface area (Å²) in [6.07, 6.45) is 8.88. The SMILES string of the molecule is NC1=NCC(C23CC4CC(CC(C4)C2)C3)N1. The van der Waals surface area contributed by atoms with Gasteiger partial charge in [0, 0.05) is 0 Å². The largest absolute Gasteiger partial charge is 0.370 e. The monoisotopic (exact) mass is 219 g/mol. The van der Waals surface area contributed by atoms with Crippen LogP contribution in [0.2, 0.25) is 0 Å². The molecule has 16 heavy (non-hydrogen) atoms. The predicted octanol–water partition coefficient (Wildman–Crippen LogP) is 1.49. The topological polar surface area (TPSA) is 50.4 Å². The molecular weight excluding hydrogens is 198 g/mol. The predicted molar refractivity (Wildman–Crippen MR) is 64.0 cm³/mol. The fourth-order valence-electron chi connectivity index (χ4n) is 5.41. The molecule has 0 spiro atoms. The van der Waals surface area contributed by atoms with E-state index in [2.05, 4.69) is 10.3 Å². The van der Waals surface area contributed by atoms with E-state index in [1.54, 1.807) is 0 Å². The fourth-order valence-corrected chi connectivity index (χ4v) is 5.41. The van der Waals surface area contributed by atoms with E-state index in [0.717, 1.165) is 24.3 Å². The second kappa shape index (κ2) is 2.93. The highest BCUT2D eigenvalue weighted by molar-refractivity contribution is 5.80. The molecule has 3 heteroatoms. The zero-order chi connectivity index (χ0) is 10.8. The third-order valence-corrected chi connectivity index (χ3v) is 5.59. The van der Waals surface area contributed by atoms with Crippen molar-refractivity contribution in [2.24, 2.45) is 33.9 Å². The van der Waals surface area contributed by atoms with Crippen LogP contribution in [0.1, 0.15) is 38.5 Å². The Labute approximate surface area is 96.9 Å². The first-order valence-corrected chi connectivity index (χ1v) is 6.80. The van der Waals surface area contributed by atoms with Crippen molar-refractivity contribution in [1.82, 2.24) is 5.32 Å². The Hall–Kier alpha value is -0.730. The standard InChI is InChI=1S/C13H21N3/c14-12-15-7-11(16-12)13-4-8-1-9(5-13)3-10(2-8)6-13/h8-11H,1-7H2,(H3,14,15,16). The van der Waals surface area contributed by atoms with Crippen LogP contribution >= 0.6 is 0 Å². The van der Waals surface area contributed by atoms with Gasteiger partial charge < -0.3 is 11.1 Å². The first-order chi connectivity index (χ1) is 7.73. The molecule has 3 nitrogen and oxygen atoms in total. The summed E-state index contributed by atoms with van der Waals surface area (Å²) < 4.78 is 0. The molecule has 0 saturated heterocycles. The van der Waals surface area contributed by atoms with Crippen molar-refractivity contribution in [3.63, 3.8) is 0 Å². The van der Waals surface area contributed by atoms with E-state index in [9.17, 15) is 0 Å². The van der Waals surface area contributed by atoms with Crippen molar-refractivity contribution < 1.29 is 0 Å². The van der Waals surface area contributed by atoms with Gasteiger partial charge in [-0.3, -0.25) is 4.99 Å². The van der Waals surface area contributed by atoms with Gasteiger partial charge in [-0.05, 0) is 61.7 Å². The number of hydrogen-bond donors (Lipinski definition) is 2. The van der Waals surface area contributed by atoms with Crippen LogP contribution in [0, 0.1) is 23.2 Å². The van der Waals surface area contributed by atoms with Gasteiger partial charge in [-0.2, -0.15) is 0 Å². The normalized spacial score (nSPS) is 53.9. The van der Waals surface area contributed by atoms with Crippen molar-refractivity contribution in [2.75, 3.05) is 6.54 Å². The van der Waals surface area contributed by atoms with Crippen LogP contribution in [0.15, 0.2) is 4.99 Å². The lowest BCUT2D eigenvalue weighted by molar-refractivity contribution is -0.0673. The molecule has 0 amide bonds. The molecule has 4 fully saturated rings. The summed E-state index contributed by atoms with van der Waals surface area (Å²) in [5.41, 5.74) is 6.34. The van der Waals surface area contributed by atoms with Gasteiger partial charge in [-0.1, -0.05) is 0 Å². The maximum atomic E-state index is 5.78. The number of nitrogens with zero attached hydrogens (tertiary/aromatic N) is 1. The molecule has 88 valence electrons. The van der Waals surface area contributed by atoms with E-state index >= 15 is 0 Å². The Bertz CT molecular complexity index is 312. The van der Waals surface area contributed by atoms with Crippen LogP contribution in [0.4, 0.5) is 0 Å². The summed E-state index contributed by atoms with van der Waals surface area (Å²) in [7, 11) is 0. The minimum Gasteiger partial charge on any atom is -0.370 e. The van der Waals surface area contributed by atoms with E-state index < -0.39 is 0 Å². The quantitative estimate of drug-likeness (QED) is 0.702. The van der Waals surface area contributed by atoms with Crippen molar-refractivity contribution in [3.05, 3.63) is 0 Å². The third kappa shape index (κ3) is 1.17. The molecule has 1 atom stereocenters. The molecule has 0 aromatic carbocycles. The molecular formula is C13H21N3. The van der Waals surface area contributed by atoms with Crippen LogP contribution < -0.4 is 11.1 Å². The minimum atomic E-state index is 0.555. The lowest BCUT2D eigenvalue weighted by Crippen LogP contribution is -2.56. The number of nitrogens with one attached hydrogen (secondary N) is 1. The van der Waals surface area contributed by atoms with Crippen LogP contribution in [-0.2, 0) is 0 Å². The zero-order valence-electron chi connectivity index (χ0n) is 9.78. The number of rotatable bonds is 1. The van der Waals surface area contributed by atoms with E-state index in [4.69, 9.17) is 5.73 Å². The summed E-state index contributed by atoms with van der Waals surface area (Å²) in [4.78, 5) is 4.36. The summed E-state index contributed by atoms with van der Waals surface area (Å²) in [5, 5.41) is 3.44. The number of aliphatic imine (C=N–C) groups is 1. The highest BCUT2D eigenvalue weighted by Gasteiger charge is 2.54. The summed E-state index contributed by atoms with van der Waals surface area (Å²) in [6.45, 7) is 0.929. The lowest BCUT2D eigenvalue weighted by atomic mass is 9.48. The van der Waals surface area contributed by atoms with Gasteiger partial charge in [0.05, 0.1) is 12.6 Å². The molecule has 4 aliphatic carbocycles. The number of guanidine groups is 1. The maximum absolute atomic E-state index is 5.78. The average Bonchev–Trinajstić information content (AvgIpc) is 2.63. The van der Waals surface area contributed by atoms with Crippen LogP contribution in [0.25, 0.3) is 0 Å². The Morgan fingerprint density at radius 1 is 1.06 bits per heavy atom. The second-order valence-electron chi connectivity index (χ2n) is 6.70. The second-order valence-corrected chi connectivity index (χ2v) is 6.70. The highest BCUT2D eigenvalue weighted by atomic mass is 15.2. The van der Waals surface area contributed by atoms with Gasteiger partial charge in [-0.25, -0.2) is 0 Å². The molecule has 0 aromatic heterocycles. The van der Waals surface area contributed by atoms with Crippen molar-refractivity contribution in [1.29, 1.82) is 0 Å². The van der Waals surface area contributed by atoms with Crippen LogP contribution in [0.5, 0.6) is 0 Å². The molecule has 0 aromatic rings. The maximum Gasteiger partial charge on any atom is 0.188 e. The third-order valence-electron chi connectivity index (χ3n) is 5.59. The van der Waals surface area contributed by atoms with Gasteiger partial charge in [0.15, 0.2) is 5.96 Å². The first-order valence-electron chi connectivity index (χ1n) is 6.80. The summed E-state index contributed by atoms with van der Waals surface area (Å²) in [6, 6.07) is 0.556. The minimum absolute atomic E-state index is 0.555. The molecule has 1 aliphatic heterocycles. The highest BCUT2D eigenvalue weighted by Crippen LogP contribution is 2.61. The van der Waals surface area contributed by atoms with E-state index in [0.29, 0.717) is 17.4 Å². The molecule has 3 N–H and O–H groups in total. The molecule has 1 heterocycles. The Morgan fingerprint density at radius 2 is 1.62 bits per heavy atom. The van der Waals surface area contributed by atoms with Crippen molar-refractivity contribution in [3.8, 4) is 0 Å². The molecule has 0 radical (unpaired) electrons. The first kappa shape index (κ1) is 9.32. The van der Waals surface area contributed by atoms with Crippen molar-refractivity contribution in [2.45, 2.75) is 44.6 Å². The summed E-state index contributed by atoms with van der Waals surface area (Å²) >= 11 is 0. The van der Waals surface area contributed by atoms with Gasteiger partial charge in [0.1, 0.15) is 0 Å². The van der Waals surface area contributed by atoms with Gasteiger partial charge in [0.2, 0.25) is 0 Å². The average molecular weight is 219 g/mol. The molecule has 5 aliphatic rings. The summed E-state index contributed by atoms with van der Waals surface area (Å²) in [5.74, 6) is 3.75. The molecule has 1 unspecified atom stereocenters. The van der Waals surface area contributed by atoms with E-state index in [-0.39, 0.29) is 0 Å². The van der Waals surface area contributed by atoms with Crippen molar-refractivity contribution >= 4 is 5.96 Å². The van der Waals surface area contributed by atoms with Crippen LogP contribution in [-0.4, -0.2) is 18.5 Å². The van der Waals surface area contributed by atoms with Gasteiger partial charge >= 0.3 is 0 Å². The molecule has 4 bridgehead atoms. The van der Waals surface area contributed by atoms with E-state index in [1.807, 2.05) is 0 Å². The smallest absolute Gasteiger partial charge is 0.188 e. The number of nitrogens with two attached hydrogens (primary N) is 1. The van der Waals surface area contributed by atoms with E-state index in [1.165, 1.54) is 38.5 Å². The zero-order valence-corrected chi connectivity index (χ0v) is 9.78. The van der Waals surface area contributed by atoms with Gasteiger partial charge in [-0.15, -0.1) is 0 Å².